The molecule has 1 heterocycles. The zero-order valence-electron chi connectivity index (χ0n) is 5.68. The third-order valence-corrected chi connectivity index (χ3v) is 1.16. The number of alkyl halides is 3. The average Bonchev–Trinajstić information content (AvgIpc) is 2.03. The van der Waals surface area contributed by atoms with Crippen LogP contribution in [0.15, 0.2) is 12.3 Å². The predicted octanol–water partition coefficient (Wildman–Crippen LogP) is 1.77. The van der Waals surface area contributed by atoms with Crippen LogP contribution in [-0.2, 0) is 6.18 Å². The fourth-order valence-electron chi connectivity index (χ4n) is 0.666. The lowest BCUT2D eigenvalue weighted by molar-refractivity contribution is -0.138. The number of hydrogen-bond acceptors (Lipinski definition) is 2. The van der Waals surface area contributed by atoms with Gasteiger partial charge in [0.1, 0.15) is 6.07 Å². The van der Waals surface area contributed by atoms with Gasteiger partial charge in [-0.25, -0.2) is 4.98 Å². The van der Waals surface area contributed by atoms with E-state index >= 15 is 0 Å². The van der Waals surface area contributed by atoms with Crippen LogP contribution in [0.2, 0.25) is 0 Å². The summed E-state index contributed by atoms with van der Waals surface area (Å²) < 4.78 is 36.1. The third-order valence-electron chi connectivity index (χ3n) is 1.16. The van der Waals surface area contributed by atoms with E-state index in [0.29, 0.717) is 6.07 Å². The summed E-state index contributed by atoms with van der Waals surface area (Å²) in [6, 6.07) is 4.21. The smallest absolute Gasteiger partial charge is 0.244 e. The van der Waals surface area contributed by atoms with E-state index < -0.39 is 17.4 Å². The molecular weight excluding hydrogens is 169 g/mol. The second kappa shape index (κ2) is 2.81. The van der Waals surface area contributed by atoms with Crippen LogP contribution in [0.1, 0.15) is 11.3 Å². The second-order valence-electron chi connectivity index (χ2n) is 1.94. The van der Waals surface area contributed by atoms with Crippen LogP contribution in [0.25, 0.3) is 0 Å². The van der Waals surface area contributed by atoms with E-state index in [1.54, 1.807) is 0 Å². The molecule has 12 heavy (non-hydrogen) atoms. The fraction of sp³-hybridized carbons (Fsp3) is 0.143. The van der Waals surface area contributed by atoms with Gasteiger partial charge in [0.2, 0.25) is 0 Å². The van der Waals surface area contributed by atoms with Crippen molar-refractivity contribution in [3.63, 3.8) is 0 Å². The Labute approximate surface area is 66.3 Å². The Morgan fingerprint density at radius 2 is 2.17 bits per heavy atom. The normalized spacial score (nSPS) is 10.8. The van der Waals surface area contributed by atoms with E-state index in [1.807, 2.05) is 0 Å². The summed E-state index contributed by atoms with van der Waals surface area (Å²) in [5.74, 6) is 0. The Morgan fingerprint density at radius 1 is 1.50 bits per heavy atom. The van der Waals surface area contributed by atoms with Gasteiger partial charge < -0.3 is 0 Å². The molecule has 5 heteroatoms. The van der Waals surface area contributed by atoms with E-state index in [4.69, 9.17) is 5.26 Å². The first-order chi connectivity index (χ1) is 5.55. The lowest BCUT2D eigenvalue weighted by atomic mass is 10.2. The second-order valence-corrected chi connectivity index (χ2v) is 1.94. The van der Waals surface area contributed by atoms with Crippen molar-refractivity contribution in [1.29, 1.82) is 5.26 Å². The van der Waals surface area contributed by atoms with Crippen LogP contribution in [-0.4, -0.2) is 4.98 Å². The molecule has 0 bridgehead atoms. The highest BCUT2D eigenvalue weighted by molar-refractivity contribution is 5.32. The monoisotopic (exact) mass is 171 g/mol. The van der Waals surface area contributed by atoms with Gasteiger partial charge in [-0.15, -0.1) is 0 Å². The summed E-state index contributed by atoms with van der Waals surface area (Å²) in [7, 11) is 0. The van der Waals surface area contributed by atoms with Crippen molar-refractivity contribution in [2.75, 3.05) is 0 Å². The summed E-state index contributed by atoms with van der Waals surface area (Å²) >= 11 is 0. The summed E-state index contributed by atoms with van der Waals surface area (Å²) in [4.78, 5) is 3.23. The summed E-state index contributed by atoms with van der Waals surface area (Å²) in [5.41, 5.74) is -1.67. The minimum Gasteiger partial charge on any atom is -0.244 e. The predicted molar refractivity (Wildman–Crippen MR) is 32.8 cm³/mol. The van der Waals surface area contributed by atoms with Crippen molar-refractivity contribution < 1.29 is 13.2 Å². The van der Waals surface area contributed by atoms with Gasteiger partial charge in [0.15, 0.2) is 5.69 Å². The van der Waals surface area contributed by atoms with Crippen LogP contribution < -0.4 is 0 Å². The van der Waals surface area contributed by atoms with Gasteiger partial charge in [-0.2, -0.15) is 18.4 Å². The molecule has 0 fully saturated rings. The fourth-order valence-corrected chi connectivity index (χ4v) is 0.666. The number of aromatic nitrogens is 1. The first-order valence-corrected chi connectivity index (χ1v) is 2.89. The third kappa shape index (κ3) is 1.53. The van der Waals surface area contributed by atoms with Gasteiger partial charge in [-0.3, -0.25) is 0 Å². The molecule has 61 valence electrons. The number of rotatable bonds is 0. The largest absolute Gasteiger partial charge is 0.419 e. The van der Waals surface area contributed by atoms with E-state index in [-0.39, 0.29) is 0 Å². The number of nitrogens with zero attached hydrogens (tertiary/aromatic N) is 2. The molecule has 0 aliphatic rings. The van der Waals surface area contributed by atoms with Crippen molar-refractivity contribution >= 4 is 0 Å². The van der Waals surface area contributed by atoms with Crippen LogP contribution >= 0.6 is 0 Å². The Kier molecular flexibility index (Phi) is 2.00. The van der Waals surface area contributed by atoms with Crippen molar-refractivity contribution in [3.05, 3.63) is 29.6 Å². The lowest BCUT2D eigenvalue weighted by Gasteiger charge is -2.05. The number of pyridine rings is 1. The lowest BCUT2D eigenvalue weighted by Crippen LogP contribution is -2.08. The zero-order chi connectivity index (χ0) is 9.19. The number of hydrogen-bond donors (Lipinski definition) is 0. The molecule has 0 amide bonds. The van der Waals surface area contributed by atoms with Crippen LogP contribution in [0.3, 0.4) is 0 Å². The molecule has 0 aromatic carbocycles. The molecule has 1 radical (unpaired) electrons. The SMILES string of the molecule is N#Cc1nc[c]cc1C(F)(F)F. The molecule has 0 atom stereocenters. The highest BCUT2D eigenvalue weighted by atomic mass is 19.4. The zero-order valence-corrected chi connectivity index (χ0v) is 5.68. The van der Waals surface area contributed by atoms with E-state index in [1.165, 1.54) is 6.07 Å². The maximum absolute atomic E-state index is 12.0. The minimum absolute atomic E-state index is 0.624. The minimum atomic E-state index is -4.53. The first-order valence-electron chi connectivity index (χ1n) is 2.89. The van der Waals surface area contributed by atoms with Crippen molar-refractivity contribution in [2.45, 2.75) is 6.18 Å². The molecule has 1 aromatic heterocycles. The molecule has 0 aliphatic heterocycles. The van der Waals surface area contributed by atoms with Crippen LogP contribution in [0, 0.1) is 17.4 Å². The Bertz CT molecular complexity index is 324. The Hall–Kier alpha value is -1.57. The Morgan fingerprint density at radius 3 is 2.58 bits per heavy atom. The molecule has 0 saturated heterocycles. The first kappa shape index (κ1) is 8.53. The highest BCUT2D eigenvalue weighted by Gasteiger charge is 2.33. The molecule has 1 aromatic rings. The van der Waals surface area contributed by atoms with Crippen LogP contribution in [0.4, 0.5) is 13.2 Å². The Balaban J connectivity index is 3.26. The molecule has 0 saturated carbocycles. The number of nitriles is 1. The van der Waals surface area contributed by atoms with E-state index in [9.17, 15) is 13.2 Å². The summed E-state index contributed by atoms with van der Waals surface area (Å²) in [6.45, 7) is 0. The van der Waals surface area contributed by atoms with Crippen molar-refractivity contribution in [1.82, 2.24) is 4.98 Å². The number of halogens is 3. The quantitative estimate of drug-likeness (QED) is 0.596. The van der Waals surface area contributed by atoms with Gasteiger partial charge >= 0.3 is 6.18 Å². The van der Waals surface area contributed by atoms with Crippen molar-refractivity contribution in [3.8, 4) is 6.07 Å². The average molecular weight is 171 g/mol. The van der Waals surface area contributed by atoms with E-state index in [2.05, 4.69) is 11.1 Å². The van der Waals surface area contributed by atoms with Crippen molar-refractivity contribution in [2.24, 2.45) is 0 Å². The van der Waals surface area contributed by atoms with Crippen LogP contribution in [0.5, 0.6) is 0 Å². The topological polar surface area (TPSA) is 36.7 Å². The van der Waals surface area contributed by atoms with Gasteiger partial charge in [-0.05, 0) is 6.07 Å². The van der Waals surface area contributed by atoms with Gasteiger partial charge in [0.25, 0.3) is 0 Å². The molecule has 0 unspecified atom stereocenters. The standard InChI is InChI=1S/C7H2F3N2/c8-7(9,10)5-2-1-3-12-6(5)4-11/h2-3H. The molecule has 1 rings (SSSR count). The summed E-state index contributed by atoms with van der Waals surface area (Å²) in [6.07, 6.45) is -3.51. The van der Waals surface area contributed by atoms with Gasteiger partial charge in [-0.1, -0.05) is 0 Å². The summed E-state index contributed by atoms with van der Waals surface area (Å²) in [5, 5.41) is 8.26. The molecule has 0 N–H and O–H groups in total. The highest BCUT2D eigenvalue weighted by Crippen LogP contribution is 2.30. The molecule has 0 aliphatic carbocycles. The molecular formula is C7H2F3N2. The molecule has 0 spiro atoms. The maximum atomic E-state index is 12.0. The van der Waals surface area contributed by atoms with Gasteiger partial charge in [0, 0.05) is 12.3 Å². The maximum Gasteiger partial charge on any atom is 0.419 e. The van der Waals surface area contributed by atoms with E-state index in [0.717, 1.165) is 6.20 Å². The van der Waals surface area contributed by atoms with Gasteiger partial charge in [0.05, 0.1) is 5.56 Å². The molecule has 2 nitrogen and oxygen atoms in total.